The van der Waals surface area contributed by atoms with Gasteiger partial charge in [-0.15, -0.1) is 0 Å². The SMILES string of the molecule is COc1cccc(NC(=O)N(CCC(N)=S)C2CC2)c1. The van der Waals surface area contributed by atoms with Gasteiger partial charge in [-0.2, -0.15) is 0 Å². The van der Waals surface area contributed by atoms with E-state index < -0.39 is 0 Å². The number of anilines is 1. The van der Waals surface area contributed by atoms with Gasteiger partial charge in [0.2, 0.25) is 0 Å². The van der Waals surface area contributed by atoms with Gasteiger partial charge < -0.3 is 20.7 Å². The average molecular weight is 293 g/mol. The lowest BCUT2D eigenvalue weighted by atomic mass is 10.3. The molecule has 2 amide bonds. The molecule has 108 valence electrons. The second-order valence-corrected chi connectivity index (χ2v) is 5.33. The standard InChI is InChI=1S/C14H19N3O2S/c1-19-12-4-2-3-10(9-12)16-14(18)17(11-5-6-11)8-7-13(15)20/h2-4,9,11H,5-8H2,1H3,(H2,15,20)(H,16,18). The van der Waals surface area contributed by atoms with Gasteiger partial charge in [-0.05, 0) is 25.0 Å². The Kier molecular flexibility index (Phi) is 4.79. The fourth-order valence-electron chi connectivity index (χ4n) is 1.96. The number of rotatable bonds is 6. The first-order chi connectivity index (χ1) is 9.60. The van der Waals surface area contributed by atoms with Crippen molar-refractivity contribution < 1.29 is 9.53 Å². The van der Waals surface area contributed by atoms with Crippen molar-refractivity contribution in [1.29, 1.82) is 0 Å². The molecular formula is C14H19N3O2S. The molecule has 0 aromatic heterocycles. The predicted octanol–water partition coefficient (Wildman–Crippen LogP) is 2.37. The molecule has 0 atom stereocenters. The normalized spacial score (nSPS) is 13.7. The maximum absolute atomic E-state index is 12.3. The van der Waals surface area contributed by atoms with Crippen LogP contribution < -0.4 is 15.8 Å². The van der Waals surface area contributed by atoms with Gasteiger partial charge in [0.05, 0.1) is 12.1 Å². The van der Waals surface area contributed by atoms with E-state index in [1.54, 1.807) is 18.1 Å². The highest BCUT2D eigenvalue weighted by Crippen LogP contribution is 2.28. The number of carbonyl (C=O) groups excluding carboxylic acids is 1. The lowest BCUT2D eigenvalue weighted by Crippen LogP contribution is -2.38. The lowest BCUT2D eigenvalue weighted by Gasteiger charge is -2.22. The molecule has 1 saturated carbocycles. The Hall–Kier alpha value is -1.82. The molecule has 0 radical (unpaired) electrons. The first-order valence-corrected chi connectivity index (χ1v) is 7.01. The van der Waals surface area contributed by atoms with Gasteiger partial charge in [-0.25, -0.2) is 4.79 Å². The molecular weight excluding hydrogens is 274 g/mol. The van der Waals surface area contributed by atoms with E-state index in [1.165, 1.54) is 0 Å². The van der Waals surface area contributed by atoms with Crippen LogP contribution in [0.5, 0.6) is 5.75 Å². The number of benzene rings is 1. The van der Waals surface area contributed by atoms with Crippen molar-refractivity contribution in [2.75, 3.05) is 19.0 Å². The molecule has 0 heterocycles. The van der Waals surface area contributed by atoms with Crippen molar-refractivity contribution in [3.05, 3.63) is 24.3 Å². The number of ether oxygens (including phenoxy) is 1. The fraction of sp³-hybridized carbons (Fsp3) is 0.429. The molecule has 0 aliphatic heterocycles. The van der Waals surface area contributed by atoms with Crippen molar-refractivity contribution in [2.45, 2.75) is 25.3 Å². The van der Waals surface area contributed by atoms with Crippen LogP contribution in [0.15, 0.2) is 24.3 Å². The summed E-state index contributed by atoms with van der Waals surface area (Å²) in [5.41, 5.74) is 6.23. The van der Waals surface area contributed by atoms with Crippen molar-refractivity contribution >= 4 is 28.9 Å². The third-order valence-corrected chi connectivity index (χ3v) is 3.37. The smallest absolute Gasteiger partial charge is 0.322 e. The van der Waals surface area contributed by atoms with Crippen LogP contribution in [0, 0.1) is 0 Å². The van der Waals surface area contributed by atoms with Crippen LogP contribution in [-0.2, 0) is 0 Å². The van der Waals surface area contributed by atoms with Crippen LogP contribution in [0.3, 0.4) is 0 Å². The third kappa shape index (κ3) is 4.09. The Bertz CT molecular complexity index is 503. The van der Waals surface area contributed by atoms with E-state index >= 15 is 0 Å². The molecule has 2 rings (SSSR count). The molecule has 1 aliphatic rings. The largest absolute Gasteiger partial charge is 0.497 e. The summed E-state index contributed by atoms with van der Waals surface area (Å²) >= 11 is 4.87. The van der Waals surface area contributed by atoms with Crippen LogP contribution >= 0.6 is 12.2 Å². The molecule has 1 aromatic rings. The summed E-state index contributed by atoms with van der Waals surface area (Å²) in [6, 6.07) is 7.49. The first kappa shape index (κ1) is 14.6. The first-order valence-electron chi connectivity index (χ1n) is 6.60. The van der Waals surface area contributed by atoms with E-state index in [-0.39, 0.29) is 6.03 Å². The zero-order valence-electron chi connectivity index (χ0n) is 11.5. The van der Waals surface area contributed by atoms with Crippen LogP contribution in [0.2, 0.25) is 0 Å². The summed E-state index contributed by atoms with van der Waals surface area (Å²) in [6.45, 7) is 0.565. The van der Waals surface area contributed by atoms with Crippen LogP contribution in [0.1, 0.15) is 19.3 Å². The second kappa shape index (κ2) is 6.56. The van der Waals surface area contributed by atoms with Crippen molar-refractivity contribution in [1.82, 2.24) is 4.90 Å². The van der Waals surface area contributed by atoms with E-state index in [1.807, 2.05) is 18.2 Å². The summed E-state index contributed by atoms with van der Waals surface area (Å²) in [5.74, 6) is 0.712. The highest BCUT2D eigenvalue weighted by atomic mass is 32.1. The van der Waals surface area contributed by atoms with E-state index in [9.17, 15) is 4.79 Å². The number of hydrogen-bond acceptors (Lipinski definition) is 3. The van der Waals surface area contributed by atoms with E-state index in [2.05, 4.69) is 5.32 Å². The molecule has 0 unspecified atom stereocenters. The molecule has 6 heteroatoms. The topological polar surface area (TPSA) is 67.6 Å². The quantitative estimate of drug-likeness (QED) is 0.790. The summed E-state index contributed by atoms with van der Waals surface area (Å²) in [5, 5.41) is 2.88. The summed E-state index contributed by atoms with van der Waals surface area (Å²) in [6.07, 6.45) is 2.64. The Morgan fingerprint density at radius 1 is 1.55 bits per heavy atom. The van der Waals surface area contributed by atoms with Crippen LogP contribution in [0.4, 0.5) is 10.5 Å². The van der Waals surface area contributed by atoms with Gasteiger partial charge >= 0.3 is 6.03 Å². The number of amides is 2. The molecule has 1 aliphatic carbocycles. The summed E-state index contributed by atoms with van der Waals surface area (Å²) in [4.78, 5) is 14.5. The molecule has 0 spiro atoms. The minimum Gasteiger partial charge on any atom is -0.497 e. The number of carbonyl (C=O) groups is 1. The molecule has 5 nitrogen and oxygen atoms in total. The zero-order valence-corrected chi connectivity index (χ0v) is 12.3. The minimum absolute atomic E-state index is 0.114. The molecule has 20 heavy (non-hydrogen) atoms. The number of nitrogens with two attached hydrogens (primary N) is 1. The number of nitrogens with zero attached hydrogens (tertiary/aromatic N) is 1. The van der Waals surface area contributed by atoms with Crippen LogP contribution in [0.25, 0.3) is 0 Å². The van der Waals surface area contributed by atoms with Gasteiger partial charge in [0, 0.05) is 30.8 Å². The maximum atomic E-state index is 12.3. The Balaban J connectivity index is 1.98. The number of methoxy groups -OCH3 is 1. The maximum Gasteiger partial charge on any atom is 0.322 e. The van der Waals surface area contributed by atoms with E-state index in [0.29, 0.717) is 29.7 Å². The minimum atomic E-state index is -0.114. The Morgan fingerprint density at radius 3 is 2.90 bits per heavy atom. The highest BCUT2D eigenvalue weighted by Gasteiger charge is 2.32. The lowest BCUT2D eigenvalue weighted by molar-refractivity contribution is 0.210. The Morgan fingerprint density at radius 2 is 2.30 bits per heavy atom. The highest BCUT2D eigenvalue weighted by molar-refractivity contribution is 7.80. The van der Waals surface area contributed by atoms with Crippen LogP contribution in [-0.4, -0.2) is 35.6 Å². The monoisotopic (exact) mass is 293 g/mol. The molecule has 1 aromatic carbocycles. The van der Waals surface area contributed by atoms with Gasteiger partial charge in [0.1, 0.15) is 5.75 Å². The number of thiocarbonyl (C=S) groups is 1. The second-order valence-electron chi connectivity index (χ2n) is 4.80. The van der Waals surface area contributed by atoms with Gasteiger partial charge in [0.25, 0.3) is 0 Å². The van der Waals surface area contributed by atoms with Crippen molar-refractivity contribution in [2.24, 2.45) is 5.73 Å². The number of hydrogen-bond donors (Lipinski definition) is 2. The predicted molar refractivity (Wildman–Crippen MR) is 83.1 cm³/mol. The van der Waals surface area contributed by atoms with Crippen molar-refractivity contribution in [3.63, 3.8) is 0 Å². The molecule has 0 saturated heterocycles. The van der Waals surface area contributed by atoms with Crippen molar-refractivity contribution in [3.8, 4) is 5.75 Å². The zero-order chi connectivity index (χ0) is 14.5. The summed E-state index contributed by atoms with van der Waals surface area (Å²) < 4.78 is 5.14. The number of nitrogens with one attached hydrogen (secondary N) is 1. The van der Waals surface area contributed by atoms with Gasteiger partial charge in [-0.1, -0.05) is 18.3 Å². The number of urea groups is 1. The van der Waals surface area contributed by atoms with E-state index in [0.717, 1.165) is 18.5 Å². The average Bonchev–Trinajstić information content (AvgIpc) is 3.23. The van der Waals surface area contributed by atoms with E-state index in [4.69, 9.17) is 22.7 Å². The Labute approximate surface area is 124 Å². The third-order valence-electron chi connectivity index (χ3n) is 3.17. The molecule has 3 N–H and O–H groups in total. The molecule has 1 fully saturated rings. The van der Waals surface area contributed by atoms with Gasteiger partial charge in [-0.3, -0.25) is 0 Å². The fourth-order valence-corrected chi connectivity index (χ4v) is 2.05. The summed E-state index contributed by atoms with van der Waals surface area (Å²) in [7, 11) is 1.60. The van der Waals surface area contributed by atoms with Gasteiger partial charge in [0.15, 0.2) is 0 Å². The molecule has 0 bridgehead atoms.